The van der Waals surface area contributed by atoms with E-state index in [2.05, 4.69) is 10.1 Å². The minimum Gasteiger partial charge on any atom is -0.385 e. The zero-order chi connectivity index (χ0) is 8.55. The Kier molecular flexibility index (Phi) is 1.40. The Morgan fingerprint density at radius 2 is 2.25 bits per heavy atom. The van der Waals surface area contributed by atoms with Crippen molar-refractivity contribution in [2.45, 2.75) is 6.92 Å². The number of hydrogen-bond donors (Lipinski definition) is 2. The molecule has 0 aromatic carbocycles. The summed E-state index contributed by atoms with van der Waals surface area (Å²) in [6.45, 7) is 1.99. The monoisotopic (exact) mass is 162 g/mol. The Labute approximate surface area is 70.0 Å². The van der Waals surface area contributed by atoms with Gasteiger partial charge < -0.3 is 10.7 Å². The summed E-state index contributed by atoms with van der Waals surface area (Å²) >= 11 is 0. The molecule has 62 valence electrons. The summed E-state index contributed by atoms with van der Waals surface area (Å²) < 4.78 is 1.80. The molecule has 0 unspecified atom stereocenters. The van der Waals surface area contributed by atoms with E-state index in [1.165, 1.54) is 0 Å². The predicted molar refractivity (Wildman–Crippen MR) is 47.1 cm³/mol. The zero-order valence-corrected chi connectivity index (χ0v) is 6.78. The summed E-state index contributed by atoms with van der Waals surface area (Å²) in [5.41, 5.74) is 6.62. The van der Waals surface area contributed by atoms with Crippen LogP contribution in [0.15, 0.2) is 24.4 Å². The minimum absolute atomic E-state index is 0.653. The van der Waals surface area contributed by atoms with Crippen molar-refractivity contribution in [3.63, 3.8) is 0 Å². The molecule has 3 N–H and O–H groups in total. The maximum absolute atomic E-state index is 5.54. The van der Waals surface area contributed by atoms with Gasteiger partial charge in [0.2, 0.25) is 0 Å². The van der Waals surface area contributed by atoms with E-state index in [4.69, 9.17) is 5.73 Å². The number of rotatable bonds is 1. The number of aryl methyl sites for hydroxylation is 1. The average molecular weight is 162 g/mol. The molecule has 0 aliphatic rings. The average Bonchev–Trinajstić information content (AvgIpc) is 2.58. The van der Waals surface area contributed by atoms with Crippen LogP contribution in [0.5, 0.6) is 0 Å². The Bertz CT molecular complexity index is 385. The van der Waals surface area contributed by atoms with E-state index in [0.29, 0.717) is 5.82 Å². The topological polar surface area (TPSA) is 59.6 Å². The molecule has 2 rings (SSSR count). The van der Waals surface area contributed by atoms with Gasteiger partial charge in [-0.15, -0.1) is 0 Å². The summed E-state index contributed by atoms with van der Waals surface area (Å²) in [6, 6.07) is 5.66. The zero-order valence-electron chi connectivity index (χ0n) is 6.78. The first-order valence-corrected chi connectivity index (χ1v) is 3.73. The molecule has 0 spiro atoms. The fraction of sp³-hybridized carbons (Fsp3) is 0.125. The van der Waals surface area contributed by atoms with Gasteiger partial charge in [0.05, 0.1) is 0 Å². The van der Waals surface area contributed by atoms with Gasteiger partial charge in [-0.05, 0) is 25.1 Å². The van der Waals surface area contributed by atoms with Crippen LogP contribution in [0.2, 0.25) is 0 Å². The van der Waals surface area contributed by atoms with Crippen molar-refractivity contribution in [3.05, 3.63) is 30.1 Å². The van der Waals surface area contributed by atoms with Gasteiger partial charge in [-0.3, -0.25) is 0 Å². The smallest absolute Gasteiger partial charge is 0.133 e. The van der Waals surface area contributed by atoms with E-state index in [-0.39, 0.29) is 0 Å². The largest absolute Gasteiger partial charge is 0.385 e. The number of H-pyrrole nitrogens is 1. The molecular weight excluding hydrogens is 152 g/mol. The maximum atomic E-state index is 5.54. The molecule has 4 nitrogen and oxygen atoms in total. The first kappa shape index (κ1) is 6.97. The van der Waals surface area contributed by atoms with Crippen molar-refractivity contribution in [2.24, 2.45) is 0 Å². The van der Waals surface area contributed by atoms with Crippen molar-refractivity contribution >= 4 is 5.82 Å². The molecule has 0 saturated heterocycles. The molecule has 0 aliphatic heterocycles. The van der Waals surface area contributed by atoms with Crippen LogP contribution in [0, 0.1) is 6.92 Å². The molecule has 4 heteroatoms. The van der Waals surface area contributed by atoms with Crippen LogP contribution in [0.25, 0.3) is 5.82 Å². The van der Waals surface area contributed by atoms with Crippen LogP contribution in [-0.4, -0.2) is 14.8 Å². The first-order chi connectivity index (χ1) is 5.77. The molecule has 0 amide bonds. The van der Waals surface area contributed by atoms with Crippen LogP contribution in [0.3, 0.4) is 0 Å². The highest BCUT2D eigenvalue weighted by molar-refractivity contribution is 5.38. The van der Waals surface area contributed by atoms with Crippen molar-refractivity contribution in [2.75, 3.05) is 5.73 Å². The highest BCUT2D eigenvalue weighted by atomic mass is 15.3. The van der Waals surface area contributed by atoms with Crippen LogP contribution >= 0.6 is 0 Å². The van der Waals surface area contributed by atoms with Gasteiger partial charge in [-0.2, -0.15) is 5.10 Å². The summed E-state index contributed by atoms with van der Waals surface area (Å²) in [5, 5.41) is 4.13. The summed E-state index contributed by atoms with van der Waals surface area (Å²) in [7, 11) is 0. The lowest BCUT2D eigenvalue weighted by atomic mass is 10.5. The van der Waals surface area contributed by atoms with Gasteiger partial charge in [-0.1, -0.05) is 0 Å². The Hall–Kier alpha value is -1.71. The number of nitrogens with two attached hydrogens (primary N) is 1. The van der Waals surface area contributed by atoms with Gasteiger partial charge >= 0.3 is 0 Å². The SMILES string of the molecule is Cc1ccnn1-c1ccc(N)[nH]1. The third-order valence-electron chi connectivity index (χ3n) is 1.75. The first-order valence-electron chi connectivity index (χ1n) is 3.73. The molecule has 0 fully saturated rings. The second-order valence-corrected chi connectivity index (χ2v) is 2.68. The number of aromatic nitrogens is 3. The fourth-order valence-electron chi connectivity index (χ4n) is 1.15. The van der Waals surface area contributed by atoms with E-state index in [1.54, 1.807) is 10.9 Å². The number of nitrogen functional groups attached to an aromatic ring is 1. The second-order valence-electron chi connectivity index (χ2n) is 2.68. The predicted octanol–water partition coefficient (Wildman–Crippen LogP) is 1.09. The number of nitrogens with zero attached hydrogens (tertiary/aromatic N) is 2. The van der Waals surface area contributed by atoms with Crippen LogP contribution in [-0.2, 0) is 0 Å². The number of aromatic amines is 1. The third-order valence-corrected chi connectivity index (χ3v) is 1.75. The molecule has 0 aliphatic carbocycles. The lowest BCUT2D eigenvalue weighted by Crippen LogP contribution is -1.98. The van der Waals surface area contributed by atoms with Gasteiger partial charge in [0.1, 0.15) is 11.6 Å². The molecule has 0 bridgehead atoms. The second kappa shape index (κ2) is 2.41. The number of nitrogens with one attached hydrogen (secondary N) is 1. The van der Waals surface area contributed by atoms with Gasteiger partial charge in [0.25, 0.3) is 0 Å². The lowest BCUT2D eigenvalue weighted by molar-refractivity contribution is 0.825. The maximum Gasteiger partial charge on any atom is 0.133 e. The summed E-state index contributed by atoms with van der Waals surface area (Å²) in [4.78, 5) is 3.00. The highest BCUT2D eigenvalue weighted by Gasteiger charge is 2.00. The normalized spacial score (nSPS) is 10.4. The molecule has 12 heavy (non-hydrogen) atoms. The van der Waals surface area contributed by atoms with Crippen LogP contribution < -0.4 is 5.73 Å². The van der Waals surface area contributed by atoms with Gasteiger partial charge in [0.15, 0.2) is 0 Å². The molecule has 2 aromatic heterocycles. The Balaban J connectivity index is 2.50. The Morgan fingerprint density at radius 1 is 1.42 bits per heavy atom. The van der Waals surface area contributed by atoms with Crippen molar-refractivity contribution < 1.29 is 0 Å². The summed E-state index contributed by atoms with van der Waals surface area (Å²) in [6.07, 6.45) is 1.76. The van der Waals surface area contributed by atoms with Crippen molar-refractivity contribution in [3.8, 4) is 5.82 Å². The third kappa shape index (κ3) is 0.972. The molecule has 0 atom stereocenters. The van der Waals surface area contributed by atoms with Crippen LogP contribution in [0.1, 0.15) is 5.69 Å². The van der Waals surface area contributed by atoms with Crippen molar-refractivity contribution in [1.82, 2.24) is 14.8 Å². The van der Waals surface area contributed by atoms with E-state index in [9.17, 15) is 0 Å². The quantitative estimate of drug-likeness (QED) is 0.659. The molecule has 0 radical (unpaired) electrons. The standard InChI is InChI=1S/C8H10N4/c1-6-4-5-10-12(6)8-3-2-7(9)11-8/h2-5,11H,9H2,1H3. The minimum atomic E-state index is 0.653. The highest BCUT2D eigenvalue weighted by Crippen LogP contribution is 2.09. The van der Waals surface area contributed by atoms with Crippen LogP contribution in [0.4, 0.5) is 5.82 Å². The van der Waals surface area contributed by atoms with Gasteiger partial charge in [0, 0.05) is 11.9 Å². The van der Waals surface area contributed by atoms with Crippen molar-refractivity contribution in [1.29, 1.82) is 0 Å². The van der Waals surface area contributed by atoms with E-state index in [1.807, 2.05) is 25.1 Å². The molecule has 2 heterocycles. The summed E-state index contributed by atoms with van der Waals surface area (Å²) in [5.74, 6) is 1.55. The fourth-order valence-corrected chi connectivity index (χ4v) is 1.15. The molecule has 2 aromatic rings. The molecular formula is C8H10N4. The lowest BCUT2D eigenvalue weighted by Gasteiger charge is -1.98. The van der Waals surface area contributed by atoms with E-state index < -0.39 is 0 Å². The van der Waals surface area contributed by atoms with Gasteiger partial charge in [-0.25, -0.2) is 4.68 Å². The molecule has 0 saturated carbocycles. The number of hydrogen-bond acceptors (Lipinski definition) is 2. The van der Waals surface area contributed by atoms with E-state index in [0.717, 1.165) is 11.5 Å². The Morgan fingerprint density at radius 3 is 2.75 bits per heavy atom. The van der Waals surface area contributed by atoms with E-state index >= 15 is 0 Å². The number of anilines is 1.